The number of rotatable bonds is 4. The van der Waals surface area contributed by atoms with Crippen molar-refractivity contribution in [3.63, 3.8) is 0 Å². The molecule has 0 aromatic carbocycles. The largest absolute Gasteiger partial charge is 0.355 e. The lowest BCUT2D eigenvalue weighted by Gasteiger charge is -2.36. The Morgan fingerprint density at radius 2 is 1.26 bits per heavy atom. The normalized spacial score (nSPS) is 23.9. The van der Waals surface area contributed by atoms with Crippen LogP contribution in [-0.4, -0.2) is 79.6 Å². The highest BCUT2D eigenvalue weighted by Gasteiger charge is 2.34. The number of hydrogen-bond donors (Lipinski definition) is 0. The maximum absolute atomic E-state index is 12.7. The summed E-state index contributed by atoms with van der Waals surface area (Å²) < 4.78 is 28.6. The smallest absolute Gasteiger partial charge is 0.282 e. The van der Waals surface area contributed by atoms with Crippen LogP contribution in [0.2, 0.25) is 0 Å². The lowest BCUT2D eigenvalue weighted by Crippen LogP contribution is -2.52. The fourth-order valence-corrected chi connectivity index (χ4v) is 5.79. The predicted octanol–water partition coefficient (Wildman–Crippen LogP) is 1.18. The summed E-state index contributed by atoms with van der Waals surface area (Å²) in [4.78, 5) is 4.43. The lowest BCUT2D eigenvalue weighted by molar-refractivity contribution is 0.343. The first-order valence-corrected chi connectivity index (χ1v) is 11.5. The molecule has 8 nitrogen and oxygen atoms in total. The van der Waals surface area contributed by atoms with Crippen LogP contribution in [0.3, 0.4) is 0 Å². The predicted molar refractivity (Wildman–Crippen MR) is 106 cm³/mol. The van der Waals surface area contributed by atoms with Crippen LogP contribution < -0.4 is 9.80 Å². The molecule has 0 amide bonds. The SMILES string of the molecule is CC1CCN(c2ccc(N3CCN(S(=O)(=O)N4CCCC4)CC3)nn2)CC1. The molecule has 3 fully saturated rings. The van der Waals surface area contributed by atoms with Gasteiger partial charge in [0.15, 0.2) is 11.6 Å². The molecule has 0 unspecified atom stereocenters. The lowest BCUT2D eigenvalue weighted by atomic mass is 9.99. The highest BCUT2D eigenvalue weighted by Crippen LogP contribution is 2.23. The molecule has 0 radical (unpaired) electrons. The van der Waals surface area contributed by atoms with Crippen LogP contribution in [-0.2, 0) is 10.2 Å². The van der Waals surface area contributed by atoms with Crippen LogP contribution in [0.1, 0.15) is 32.6 Å². The van der Waals surface area contributed by atoms with E-state index < -0.39 is 10.2 Å². The Hall–Kier alpha value is -1.45. The van der Waals surface area contributed by atoms with E-state index in [1.165, 1.54) is 12.8 Å². The Kier molecular flexibility index (Phi) is 5.52. The van der Waals surface area contributed by atoms with Gasteiger partial charge in [-0.1, -0.05) is 6.92 Å². The molecular weight excluding hydrogens is 364 g/mol. The van der Waals surface area contributed by atoms with E-state index in [1.54, 1.807) is 8.61 Å². The minimum absolute atomic E-state index is 0.506. The molecular formula is C18H30N6O2S. The first kappa shape index (κ1) is 18.9. The molecule has 0 bridgehead atoms. The summed E-state index contributed by atoms with van der Waals surface area (Å²) >= 11 is 0. The van der Waals surface area contributed by atoms with Crippen molar-refractivity contribution in [2.24, 2.45) is 5.92 Å². The molecule has 0 aliphatic carbocycles. The average Bonchev–Trinajstić information content (AvgIpc) is 3.25. The van der Waals surface area contributed by atoms with Crippen molar-refractivity contribution in [2.45, 2.75) is 32.6 Å². The highest BCUT2D eigenvalue weighted by molar-refractivity contribution is 7.86. The van der Waals surface area contributed by atoms with E-state index in [2.05, 4.69) is 26.9 Å². The van der Waals surface area contributed by atoms with Crippen molar-refractivity contribution in [3.8, 4) is 0 Å². The standard InChI is InChI=1S/C18H30N6O2S/c1-16-6-10-21(11-7-16)17-4-5-18(20-19-17)22-12-14-24(15-13-22)27(25,26)23-8-2-3-9-23/h4-5,16H,2-3,6-15H2,1H3. The van der Waals surface area contributed by atoms with Crippen LogP contribution in [0, 0.1) is 5.92 Å². The molecule has 0 N–H and O–H groups in total. The number of hydrogen-bond acceptors (Lipinski definition) is 6. The minimum atomic E-state index is -3.30. The zero-order chi connectivity index (χ0) is 18.9. The van der Waals surface area contributed by atoms with Gasteiger partial charge in [0.25, 0.3) is 10.2 Å². The summed E-state index contributed by atoms with van der Waals surface area (Å²) in [5.41, 5.74) is 0. The third-order valence-electron chi connectivity index (χ3n) is 6.02. The fourth-order valence-electron chi connectivity index (χ4n) is 4.12. The van der Waals surface area contributed by atoms with E-state index in [9.17, 15) is 8.42 Å². The molecule has 1 aromatic rings. The number of piperazine rings is 1. The van der Waals surface area contributed by atoms with E-state index in [4.69, 9.17) is 0 Å². The zero-order valence-electron chi connectivity index (χ0n) is 16.1. The second kappa shape index (κ2) is 7.89. The van der Waals surface area contributed by atoms with Gasteiger partial charge in [-0.3, -0.25) is 0 Å². The van der Waals surface area contributed by atoms with Gasteiger partial charge in [0.05, 0.1) is 0 Å². The van der Waals surface area contributed by atoms with Crippen molar-refractivity contribution in [2.75, 3.05) is 62.2 Å². The molecule has 0 spiro atoms. The Morgan fingerprint density at radius 1 is 0.778 bits per heavy atom. The van der Waals surface area contributed by atoms with Crippen LogP contribution in [0.25, 0.3) is 0 Å². The third-order valence-corrected chi connectivity index (χ3v) is 8.06. The molecule has 9 heteroatoms. The maximum Gasteiger partial charge on any atom is 0.282 e. The Labute approximate surface area is 162 Å². The minimum Gasteiger partial charge on any atom is -0.355 e. The Balaban J connectivity index is 1.34. The molecule has 150 valence electrons. The van der Waals surface area contributed by atoms with Crippen molar-refractivity contribution in [1.82, 2.24) is 18.8 Å². The van der Waals surface area contributed by atoms with E-state index in [0.29, 0.717) is 39.3 Å². The van der Waals surface area contributed by atoms with E-state index >= 15 is 0 Å². The third kappa shape index (κ3) is 4.05. The maximum atomic E-state index is 12.7. The molecule has 0 atom stereocenters. The van der Waals surface area contributed by atoms with Crippen molar-refractivity contribution in [1.29, 1.82) is 0 Å². The van der Waals surface area contributed by atoms with Gasteiger partial charge in [-0.2, -0.15) is 17.0 Å². The van der Waals surface area contributed by atoms with Gasteiger partial charge >= 0.3 is 0 Å². The van der Waals surface area contributed by atoms with Gasteiger partial charge in [-0.25, -0.2) is 0 Å². The van der Waals surface area contributed by atoms with Crippen LogP contribution in [0.5, 0.6) is 0 Å². The van der Waals surface area contributed by atoms with Gasteiger partial charge in [-0.05, 0) is 43.7 Å². The molecule has 4 rings (SSSR count). The van der Waals surface area contributed by atoms with Crippen LogP contribution in [0.4, 0.5) is 11.6 Å². The quantitative estimate of drug-likeness (QED) is 0.764. The summed E-state index contributed by atoms with van der Waals surface area (Å²) in [5, 5.41) is 8.84. The van der Waals surface area contributed by atoms with Gasteiger partial charge < -0.3 is 9.80 Å². The van der Waals surface area contributed by atoms with Crippen LogP contribution in [0.15, 0.2) is 12.1 Å². The van der Waals surface area contributed by atoms with Gasteiger partial charge in [-0.15, -0.1) is 10.2 Å². The molecule has 3 saturated heterocycles. The van der Waals surface area contributed by atoms with E-state index in [1.807, 2.05) is 12.1 Å². The van der Waals surface area contributed by atoms with E-state index in [-0.39, 0.29) is 0 Å². The second-order valence-electron chi connectivity index (χ2n) is 7.92. The molecule has 3 aliphatic rings. The summed E-state index contributed by atoms with van der Waals surface area (Å²) in [6, 6.07) is 4.07. The van der Waals surface area contributed by atoms with E-state index in [0.717, 1.165) is 43.5 Å². The molecule has 3 aliphatic heterocycles. The van der Waals surface area contributed by atoms with Crippen molar-refractivity contribution in [3.05, 3.63) is 12.1 Å². The molecule has 4 heterocycles. The van der Waals surface area contributed by atoms with Gasteiger partial charge in [0.1, 0.15) is 0 Å². The second-order valence-corrected chi connectivity index (χ2v) is 9.85. The number of anilines is 2. The number of aromatic nitrogens is 2. The van der Waals surface area contributed by atoms with Crippen LogP contribution >= 0.6 is 0 Å². The molecule has 27 heavy (non-hydrogen) atoms. The van der Waals surface area contributed by atoms with Crippen molar-refractivity contribution < 1.29 is 8.42 Å². The summed E-state index contributed by atoms with van der Waals surface area (Å²) in [5.74, 6) is 2.57. The van der Waals surface area contributed by atoms with Gasteiger partial charge in [0.2, 0.25) is 0 Å². The topological polar surface area (TPSA) is 72.9 Å². The van der Waals surface area contributed by atoms with Crippen molar-refractivity contribution >= 4 is 21.8 Å². The number of nitrogens with zero attached hydrogens (tertiary/aromatic N) is 6. The number of piperidine rings is 1. The molecule has 1 aromatic heterocycles. The fraction of sp³-hybridized carbons (Fsp3) is 0.778. The first-order chi connectivity index (χ1) is 13.0. The summed E-state index contributed by atoms with van der Waals surface area (Å²) in [6.07, 6.45) is 4.35. The summed E-state index contributed by atoms with van der Waals surface area (Å²) in [6.45, 7) is 8.03. The highest BCUT2D eigenvalue weighted by atomic mass is 32.2. The Bertz CT molecular complexity index is 719. The molecule has 0 saturated carbocycles. The average molecular weight is 395 g/mol. The zero-order valence-corrected chi connectivity index (χ0v) is 16.9. The monoisotopic (exact) mass is 394 g/mol. The Morgan fingerprint density at radius 3 is 1.78 bits per heavy atom. The first-order valence-electron chi connectivity index (χ1n) is 10.1. The van der Waals surface area contributed by atoms with Gasteiger partial charge in [0, 0.05) is 52.4 Å². The summed E-state index contributed by atoms with van der Waals surface area (Å²) in [7, 11) is -3.30.